The van der Waals surface area contributed by atoms with Crippen molar-refractivity contribution >= 4 is 9.84 Å². The number of sulfone groups is 1. The molecule has 0 saturated carbocycles. The van der Waals surface area contributed by atoms with Gasteiger partial charge in [-0.2, -0.15) is 0 Å². The van der Waals surface area contributed by atoms with Gasteiger partial charge < -0.3 is 9.47 Å². The van der Waals surface area contributed by atoms with Crippen LogP contribution in [0.25, 0.3) is 0 Å². The molecule has 0 aromatic heterocycles. The van der Waals surface area contributed by atoms with E-state index in [0.717, 1.165) is 22.6 Å². The molecule has 172 valence electrons. The van der Waals surface area contributed by atoms with Gasteiger partial charge in [-0.1, -0.05) is 66.7 Å². The number of methoxy groups -OCH3 is 2. The molecule has 0 atom stereocenters. The van der Waals surface area contributed by atoms with Gasteiger partial charge >= 0.3 is 0 Å². The molecule has 0 radical (unpaired) electrons. The Hall–Kier alpha value is -3.57. The Morgan fingerprint density at radius 1 is 0.576 bits per heavy atom. The van der Waals surface area contributed by atoms with Crippen molar-refractivity contribution in [2.24, 2.45) is 0 Å². The van der Waals surface area contributed by atoms with E-state index in [0.29, 0.717) is 9.79 Å². The van der Waals surface area contributed by atoms with Crippen LogP contribution in [-0.4, -0.2) is 22.6 Å². The first kappa shape index (κ1) is 25.7. The van der Waals surface area contributed by atoms with E-state index in [4.69, 9.17) is 9.47 Å². The Balaban J connectivity index is 0.000000200. The molecule has 0 saturated heterocycles. The summed E-state index contributed by atoms with van der Waals surface area (Å²) in [5, 5.41) is 0. The summed E-state index contributed by atoms with van der Waals surface area (Å²) in [5.74, 6) is 1.82. The molecule has 0 amide bonds. The zero-order valence-corrected chi connectivity index (χ0v) is 20.3. The maximum atomic E-state index is 12.4. The molecule has 0 bridgehead atoms. The lowest BCUT2D eigenvalue weighted by atomic mass is 10.2. The van der Waals surface area contributed by atoms with Gasteiger partial charge in [-0.25, -0.2) is 8.42 Å². The molecule has 4 aromatic carbocycles. The Kier molecular flexibility index (Phi) is 10.2. The van der Waals surface area contributed by atoms with Gasteiger partial charge in [-0.05, 0) is 67.4 Å². The normalized spacial score (nSPS) is 10.1. The third kappa shape index (κ3) is 8.13. The van der Waals surface area contributed by atoms with Gasteiger partial charge in [0.05, 0.1) is 24.0 Å². The van der Waals surface area contributed by atoms with Crippen molar-refractivity contribution in [3.8, 4) is 11.5 Å². The fourth-order valence-corrected chi connectivity index (χ4v) is 4.44. The standard InChI is InChI=1S/C14H14O2S.2C7H8O/c1-11-8-9-12(2)14(10-11)17(15,16)13-6-4-3-5-7-13;2*1-8-7-5-3-2-4-6-7/h3-10H,1-2H3;2*2-6H,1H3. The summed E-state index contributed by atoms with van der Waals surface area (Å²) in [5.41, 5.74) is 1.73. The van der Waals surface area contributed by atoms with Crippen molar-refractivity contribution in [3.63, 3.8) is 0 Å². The van der Waals surface area contributed by atoms with Gasteiger partial charge in [-0.3, -0.25) is 0 Å². The molecular formula is C28H30O4S. The molecule has 0 N–H and O–H groups in total. The maximum absolute atomic E-state index is 12.4. The number of ether oxygens (including phenoxy) is 2. The first-order valence-electron chi connectivity index (χ1n) is 10.4. The number of aryl methyl sites for hydroxylation is 2. The second-order valence-electron chi connectivity index (χ2n) is 7.12. The van der Waals surface area contributed by atoms with Crippen LogP contribution in [0.1, 0.15) is 11.1 Å². The fourth-order valence-electron chi connectivity index (χ4n) is 2.84. The van der Waals surface area contributed by atoms with E-state index in [-0.39, 0.29) is 0 Å². The van der Waals surface area contributed by atoms with Gasteiger partial charge in [0.1, 0.15) is 11.5 Å². The molecule has 0 fully saturated rings. The molecule has 0 heterocycles. The summed E-state index contributed by atoms with van der Waals surface area (Å²) in [7, 11) is -0.0681. The second kappa shape index (κ2) is 13.1. The predicted octanol–water partition coefficient (Wildman–Crippen LogP) is 6.53. The van der Waals surface area contributed by atoms with Gasteiger partial charge in [-0.15, -0.1) is 0 Å². The van der Waals surface area contributed by atoms with Gasteiger partial charge in [0.25, 0.3) is 0 Å². The highest BCUT2D eigenvalue weighted by Crippen LogP contribution is 2.24. The lowest BCUT2D eigenvalue weighted by molar-refractivity contribution is 0.414. The summed E-state index contributed by atoms with van der Waals surface area (Å²) in [4.78, 5) is 0.734. The van der Waals surface area contributed by atoms with Crippen LogP contribution in [0.4, 0.5) is 0 Å². The number of hydrogen-bond acceptors (Lipinski definition) is 4. The molecule has 0 unspecified atom stereocenters. The Labute approximate surface area is 197 Å². The van der Waals surface area contributed by atoms with Crippen LogP contribution in [-0.2, 0) is 9.84 Å². The van der Waals surface area contributed by atoms with E-state index in [1.54, 1.807) is 44.6 Å². The minimum Gasteiger partial charge on any atom is -0.497 e. The van der Waals surface area contributed by atoms with Crippen molar-refractivity contribution in [2.75, 3.05) is 14.2 Å². The van der Waals surface area contributed by atoms with E-state index < -0.39 is 9.84 Å². The predicted molar refractivity (Wildman–Crippen MR) is 134 cm³/mol. The topological polar surface area (TPSA) is 52.6 Å². The smallest absolute Gasteiger partial charge is 0.206 e. The van der Waals surface area contributed by atoms with Crippen molar-refractivity contribution in [1.29, 1.82) is 0 Å². The van der Waals surface area contributed by atoms with Crippen molar-refractivity contribution in [1.82, 2.24) is 0 Å². The number of rotatable bonds is 4. The van der Waals surface area contributed by atoms with E-state index in [2.05, 4.69) is 0 Å². The maximum Gasteiger partial charge on any atom is 0.206 e. The summed E-state index contributed by atoms with van der Waals surface area (Å²) < 4.78 is 34.6. The summed E-state index contributed by atoms with van der Waals surface area (Å²) in [6.07, 6.45) is 0. The zero-order chi connectivity index (χ0) is 24.1. The number of para-hydroxylation sites is 2. The highest BCUT2D eigenvalue weighted by atomic mass is 32.2. The van der Waals surface area contributed by atoms with Crippen LogP contribution in [0.3, 0.4) is 0 Å². The lowest BCUT2D eigenvalue weighted by Gasteiger charge is -2.08. The molecule has 4 nitrogen and oxygen atoms in total. The van der Waals surface area contributed by atoms with Gasteiger partial charge in [0.2, 0.25) is 9.84 Å². The van der Waals surface area contributed by atoms with Crippen molar-refractivity contribution in [2.45, 2.75) is 23.6 Å². The quantitative estimate of drug-likeness (QED) is 0.346. The van der Waals surface area contributed by atoms with Crippen LogP contribution < -0.4 is 9.47 Å². The number of benzene rings is 4. The Morgan fingerprint density at radius 2 is 1.00 bits per heavy atom. The molecule has 33 heavy (non-hydrogen) atoms. The van der Waals surface area contributed by atoms with E-state index >= 15 is 0 Å². The lowest BCUT2D eigenvalue weighted by Crippen LogP contribution is -2.04. The van der Waals surface area contributed by atoms with E-state index in [9.17, 15) is 8.42 Å². The van der Waals surface area contributed by atoms with Crippen molar-refractivity contribution in [3.05, 3.63) is 120 Å². The summed E-state index contributed by atoms with van der Waals surface area (Å²) in [6, 6.07) is 33.4. The van der Waals surface area contributed by atoms with Crippen LogP contribution in [0.15, 0.2) is 119 Å². The molecule has 0 spiro atoms. The highest BCUT2D eigenvalue weighted by Gasteiger charge is 2.19. The van der Waals surface area contributed by atoms with Crippen molar-refractivity contribution < 1.29 is 17.9 Å². The van der Waals surface area contributed by atoms with Crippen LogP contribution in [0.5, 0.6) is 11.5 Å². The second-order valence-corrected chi connectivity index (χ2v) is 9.04. The first-order valence-corrected chi connectivity index (χ1v) is 11.9. The SMILES string of the molecule is COc1ccccc1.COc1ccccc1.Cc1ccc(C)c(S(=O)(=O)c2ccccc2)c1. The van der Waals surface area contributed by atoms with E-state index in [1.807, 2.05) is 92.7 Å². The third-order valence-electron chi connectivity index (χ3n) is 4.64. The molecule has 0 aliphatic rings. The van der Waals surface area contributed by atoms with Gasteiger partial charge in [0.15, 0.2) is 0 Å². The monoisotopic (exact) mass is 462 g/mol. The van der Waals surface area contributed by atoms with Gasteiger partial charge in [0, 0.05) is 0 Å². The average Bonchev–Trinajstić information content (AvgIpc) is 2.87. The highest BCUT2D eigenvalue weighted by molar-refractivity contribution is 7.91. The molecular weight excluding hydrogens is 432 g/mol. The minimum atomic E-state index is -3.39. The molecule has 4 rings (SSSR count). The van der Waals surface area contributed by atoms with E-state index in [1.165, 1.54) is 0 Å². The molecule has 0 aliphatic carbocycles. The Bertz CT molecular complexity index is 1150. The summed E-state index contributed by atoms with van der Waals surface area (Å²) >= 11 is 0. The van der Waals surface area contributed by atoms with Crippen LogP contribution in [0.2, 0.25) is 0 Å². The number of hydrogen-bond donors (Lipinski definition) is 0. The average molecular weight is 463 g/mol. The van der Waals surface area contributed by atoms with Crippen LogP contribution >= 0.6 is 0 Å². The third-order valence-corrected chi connectivity index (χ3v) is 6.56. The minimum absolute atomic E-state index is 0.341. The molecule has 4 aromatic rings. The van der Waals surface area contributed by atoms with Crippen LogP contribution in [0, 0.1) is 13.8 Å². The largest absolute Gasteiger partial charge is 0.497 e. The molecule has 5 heteroatoms. The zero-order valence-electron chi connectivity index (χ0n) is 19.4. The first-order chi connectivity index (χ1) is 15.9. The summed E-state index contributed by atoms with van der Waals surface area (Å²) in [6.45, 7) is 3.71. The fraction of sp³-hybridized carbons (Fsp3) is 0.143. The Morgan fingerprint density at radius 3 is 1.39 bits per heavy atom. The molecule has 0 aliphatic heterocycles.